The van der Waals surface area contributed by atoms with Crippen molar-refractivity contribution in [3.8, 4) is 11.3 Å². The van der Waals surface area contributed by atoms with E-state index in [0.29, 0.717) is 6.04 Å². The lowest BCUT2D eigenvalue weighted by molar-refractivity contribution is 0.598. The fourth-order valence-corrected chi connectivity index (χ4v) is 3.97. The third-order valence-electron chi connectivity index (χ3n) is 5.25. The Kier molecular flexibility index (Phi) is 3.85. The molecular formula is C22H21N5. The molecular weight excluding hydrogens is 334 g/mol. The van der Waals surface area contributed by atoms with Crippen LogP contribution in [0.4, 0.5) is 5.82 Å². The maximum Gasteiger partial charge on any atom is 0.130 e. The minimum atomic E-state index is 0.298. The summed E-state index contributed by atoms with van der Waals surface area (Å²) in [7, 11) is 0. The number of imidazole rings is 1. The van der Waals surface area contributed by atoms with E-state index in [1.807, 2.05) is 19.1 Å². The second-order valence-corrected chi connectivity index (χ2v) is 7.11. The normalized spacial score (nSPS) is 16.3. The highest BCUT2D eigenvalue weighted by molar-refractivity contribution is 5.81. The summed E-state index contributed by atoms with van der Waals surface area (Å²) >= 11 is 0. The topological polar surface area (TPSA) is 66.5 Å². The van der Waals surface area contributed by atoms with Gasteiger partial charge in [-0.2, -0.15) is 0 Å². The average molecular weight is 355 g/mol. The molecule has 1 atom stereocenters. The summed E-state index contributed by atoms with van der Waals surface area (Å²) in [5, 5.41) is 3.65. The molecule has 0 saturated carbocycles. The quantitative estimate of drug-likeness (QED) is 0.553. The molecule has 0 saturated heterocycles. The molecule has 5 heteroatoms. The largest absolute Gasteiger partial charge is 0.363 e. The van der Waals surface area contributed by atoms with Crippen LogP contribution in [0.15, 0.2) is 54.9 Å². The van der Waals surface area contributed by atoms with Gasteiger partial charge < -0.3 is 10.3 Å². The van der Waals surface area contributed by atoms with Crippen LogP contribution in [0.2, 0.25) is 0 Å². The highest BCUT2D eigenvalue weighted by atomic mass is 15.0. The summed E-state index contributed by atoms with van der Waals surface area (Å²) in [6.07, 6.45) is 5.19. The summed E-state index contributed by atoms with van der Waals surface area (Å²) in [5.74, 6) is 1.65. The number of aryl methyl sites for hydroxylation is 2. The average Bonchev–Trinajstić information content (AvgIpc) is 3.16. The van der Waals surface area contributed by atoms with E-state index < -0.39 is 0 Å². The van der Waals surface area contributed by atoms with Crippen LogP contribution in [-0.2, 0) is 6.42 Å². The third kappa shape index (κ3) is 3.05. The first-order valence-corrected chi connectivity index (χ1v) is 9.40. The Morgan fingerprint density at radius 3 is 2.96 bits per heavy atom. The first kappa shape index (κ1) is 16.0. The van der Waals surface area contributed by atoms with E-state index in [1.165, 1.54) is 17.5 Å². The van der Waals surface area contributed by atoms with Crippen LogP contribution in [0.1, 0.15) is 35.8 Å². The highest BCUT2D eigenvalue weighted by Gasteiger charge is 2.20. The van der Waals surface area contributed by atoms with Crippen LogP contribution in [0.3, 0.4) is 0 Å². The molecule has 2 heterocycles. The lowest BCUT2D eigenvalue weighted by Crippen LogP contribution is -2.18. The van der Waals surface area contributed by atoms with Crippen LogP contribution >= 0.6 is 0 Å². The summed E-state index contributed by atoms with van der Waals surface area (Å²) in [6.45, 7) is 1.94. The number of benzene rings is 2. The van der Waals surface area contributed by atoms with E-state index in [9.17, 15) is 0 Å². The zero-order valence-corrected chi connectivity index (χ0v) is 15.2. The monoisotopic (exact) mass is 355 g/mol. The van der Waals surface area contributed by atoms with Gasteiger partial charge in [-0.3, -0.25) is 0 Å². The van der Waals surface area contributed by atoms with Crippen LogP contribution in [0.5, 0.6) is 0 Å². The van der Waals surface area contributed by atoms with Crippen molar-refractivity contribution in [3.63, 3.8) is 0 Å². The van der Waals surface area contributed by atoms with Gasteiger partial charge >= 0.3 is 0 Å². The van der Waals surface area contributed by atoms with Crippen LogP contribution in [0.25, 0.3) is 22.3 Å². The molecule has 0 unspecified atom stereocenters. The molecule has 5 nitrogen and oxygen atoms in total. The Labute approximate surface area is 157 Å². The van der Waals surface area contributed by atoms with Crippen molar-refractivity contribution >= 4 is 16.9 Å². The minimum absolute atomic E-state index is 0.298. The van der Waals surface area contributed by atoms with Crippen LogP contribution in [0, 0.1) is 6.92 Å². The Morgan fingerprint density at radius 2 is 2.00 bits per heavy atom. The third-order valence-corrected chi connectivity index (χ3v) is 5.25. The van der Waals surface area contributed by atoms with Gasteiger partial charge in [0.25, 0.3) is 0 Å². The van der Waals surface area contributed by atoms with Crippen molar-refractivity contribution in [2.75, 3.05) is 5.32 Å². The number of hydrogen-bond acceptors (Lipinski definition) is 4. The standard InChI is InChI=1S/C22H21N5/c1-14-25-20(16-9-10-19-21(11-16)24-13-23-19)12-22(26-14)27-18-8-4-6-15-5-2-3-7-17(15)18/h2-3,5,7,9-13,18H,4,6,8H2,1H3,(H,23,24)(H,25,26,27)/t18-/m1/s1. The van der Waals surface area contributed by atoms with E-state index in [0.717, 1.165) is 46.8 Å². The van der Waals surface area contributed by atoms with Gasteiger partial charge in [-0.15, -0.1) is 0 Å². The van der Waals surface area contributed by atoms with Crippen LogP contribution < -0.4 is 5.32 Å². The van der Waals surface area contributed by atoms with Gasteiger partial charge in [0.05, 0.1) is 29.1 Å². The Balaban J connectivity index is 1.49. The van der Waals surface area contributed by atoms with Crippen molar-refractivity contribution in [2.45, 2.75) is 32.2 Å². The molecule has 2 aromatic carbocycles. The molecule has 1 aliphatic carbocycles. The predicted octanol–water partition coefficient (Wildman–Crippen LogP) is 4.82. The molecule has 4 aromatic rings. The van der Waals surface area contributed by atoms with E-state index in [2.05, 4.69) is 61.7 Å². The van der Waals surface area contributed by atoms with Gasteiger partial charge in [-0.1, -0.05) is 30.3 Å². The van der Waals surface area contributed by atoms with Crippen LogP contribution in [-0.4, -0.2) is 19.9 Å². The lowest BCUT2D eigenvalue weighted by Gasteiger charge is -2.27. The SMILES string of the molecule is Cc1nc(N[C@@H]2CCCc3ccccc32)cc(-c2ccc3nc[nH]c3c2)n1. The molecule has 0 amide bonds. The molecule has 5 rings (SSSR count). The number of anilines is 1. The molecule has 1 aliphatic rings. The maximum atomic E-state index is 4.65. The molecule has 0 aliphatic heterocycles. The Hall–Kier alpha value is -3.21. The molecule has 0 radical (unpaired) electrons. The van der Waals surface area contributed by atoms with Gasteiger partial charge in [-0.25, -0.2) is 15.0 Å². The number of H-pyrrole nitrogens is 1. The Bertz CT molecular complexity index is 1110. The first-order valence-electron chi connectivity index (χ1n) is 9.40. The zero-order valence-electron chi connectivity index (χ0n) is 15.2. The zero-order chi connectivity index (χ0) is 18.2. The highest BCUT2D eigenvalue weighted by Crippen LogP contribution is 2.32. The van der Waals surface area contributed by atoms with Gasteiger partial charge in [0.1, 0.15) is 11.6 Å². The number of nitrogens with zero attached hydrogens (tertiary/aromatic N) is 3. The van der Waals surface area contributed by atoms with Crippen molar-refractivity contribution in [3.05, 3.63) is 71.8 Å². The maximum absolute atomic E-state index is 4.65. The van der Waals surface area contributed by atoms with Gasteiger partial charge in [0.2, 0.25) is 0 Å². The van der Waals surface area contributed by atoms with E-state index in [4.69, 9.17) is 0 Å². The summed E-state index contributed by atoms with van der Waals surface area (Å²) < 4.78 is 0. The predicted molar refractivity (Wildman–Crippen MR) is 108 cm³/mol. The summed E-state index contributed by atoms with van der Waals surface area (Å²) in [5.41, 5.74) is 6.79. The smallest absolute Gasteiger partial charge is 0.130 e. The number of hydrogen-bond donors (Lipinski definition) is 2. The molecule has 0 spiro atoms. The molecule has 134 valence electrons. The molecule has 27 heavy (non-hydrogen) atoms. The van der Waals surface area contributed by atoms with Gasteiger partial charge in [-0.05, 0) is 49.4 Å². The summed E-state index contributed by atoms with van der Waals surface area (Å²) in [6, 6.07) is 17.2. The number of nitrogens with one attached hydrogen (secondary N) is 2. The summed E-state index contributed by atoms with van der Waals surface area (Å²) in [4.78, 5) is 16.7. The fraction of sp³-hybridized carbons (Fsp3) is 0.227. The van der Waals surface area contributed by atoms with Gasteiger partial charge in [0, 0.05) is 11.6 Å². The second-order valence-electron chi connectivity index (χ2n) is 7.11. The van der Waals surface area contributed by atoms with E-state index in [-0.39, 0.29) is 0 Å². The van der Waals surface area contributed by atoms with Crippen molar-refractivity contribution in [1.82, 2.24) is 19.9 Å². The van der Waals surface area contributed by atoms with Crippen molar-refractivity contribution in [2.24, 2.45) is 0 Å². The van der Waals surface area contributed by atoms with E-state index in [1.54, 1.807) is 6.33 Å². The van der Waals surface area contributed by atoms with Crippen molar-refractivity contribution < 1.29 is 0 Å². The van der Waals surface area contributed by atoms with Gasteiger partial charge in [0.15, 0.2) is 0 Å². The Morgan fingerprint density at radius 1 is 1.07 bits per heavy atom. The fourth-order valence-electron chi connectivity index (χ4n) is 3.97. The van der Waals surface area contributed by atoms with E-state index >= 15 is 0 Å². The molecule has 2 N–H and O–H groups in total. The lowest BCUT2D eigenvalue weighted by atomic mass is 9.88. The van der Waals surface area contributed by atoms with Crippen molar-refractivity contribution in [1.29, 1.82) is 0 Å². The first-order chi connectivity index (χ1) is 13.3. The molecule has 0 bridgehead atoms. The number of rotatable bonds is 3. The minimum Gasteiger partial charge on any atom is -0.363 e. The number of aromatic nitrogens is 4. The number of aromatic amines is 1. The molecule has 2 aromatic heterocycles. The number of fused-ring (bicyclic) bond motifs is 2. The second kappa shape index (κ2) is 6.50. The molecule has 0 fully saturated rings.